The van der Waals surface area contributed by atoms with Crippen molar-refractivity contribution in [3.8, 4) is 11.1 Å². The van der Waals surface area contributed by atoms with Crippen molar-refractivity contribution in [1.82, 2.24) is 9.80 Å². The highest BCUT2D eigenvalue weighted by Gasteiger charge is 2.52. The highest BCUT2D eigenvalue weighted by Crippen LogP contribution is 2.54. The molecule has 0 N–H and O–H groups in total. The highest BCUT2D eigenvalue weighted by molar-refractivity contribution is 5.75. The zero-order valence-electron chi connectivity index (χ0n) is 22.4. The summed E-state index contributed by atoms with van der Waals surface area (Å²) in [7, 11) is 0. The molecule has 38 heavy (non-hydrogen) atoms. The molecule has 4 aliphatic rings. The molecule has 0 amide bonds. The zero-order chi connectivity index (χ0) is 25.9. The second-order valence-electron chi connectivity index (χ2n) is 11.6. The fraction of sp³-hybridized carbons (Fsp3) is 0.222. The standard InChI is InChI=1S/C36H34N2/c1-35(2)36(3,32-16-8-7-15-31(32)34-18-10-12-22-38(34)35)25-29-24-28-23-27(26-13-5-4-6-14-26)19-20-30(28)33-17-9-11-21-37(29)33/h4-21,23-24,33H,22,25H2,1-3H3. The maximum Gasteiger partial charge on any atom is 0.0775 e. The van der Waals surface area contributed by atoms with Crippen molar-refractivity contribution >= 4 is 11.8 Å². The van der Waals surface area contributed by atoms with Gasteiger partial charge in [0, 0.05) is 40.7 Å². The molecule has 2 unspecified atom stereocenters. The van der Waals surface area contributed by atoms with Gasteiger partial charge >= 0.3 is 0 Å². The molecule has 0 aromatic heterocycles. The van der Waals surface area contributed by atoms with Crippen molar-refractivity contribution < 1.29 is 0 Å². The van der Waals surface area contributed by atoms with E-state index in [1.807, 2.05) is 0 Å². The van der Waals surface area contributed by atoms with Crippen LogP contribution in [0.5, 0.6) is 0 Å². The fourth-order valence-electron chi connectivity index (χ4n) is 6.97. The normalized spacial score (nSPS) is 24.1. The maximum absolute atomic E-state index is 2.61. The molecule has 0 aliphatic carbocycles. The Morgan fingerprint density at radius 1 is 0.842 bits per heavy atom. The third kappa shape index (κ3) is 3.33. The monoisotopic (exact) mass is 494 g/mol. The molecule has 3 aromatic rings. The van der Waals surface area contributed by atoms with Gasteiger partial charge < -0.3 is 9.80 Å². The van der Waals surface area contributed by atoms with Crippen LogP contribution in [-0.2, 0) is 5.41 Å². The van der Waals surface area contributed by atoms with Gasteiger partial charge in [-0.15, -0.1) is 0 Å². The molecule has 0 radical (unpaired) electrons. The van der Waals surface area contributed by atoms with Gasteiger partial charge in [0.2, 0.25) is 0 Å². The van der Waals surface area contributed by atoms with Crippen LogP contribution in [0.4, 0.5) is 0 Å². The topological polar surface area (TPSA) is 6.48 Å². The smallest absolute Gasteiger partial charge is 0.0775 e. The number of hydrogen-bond acceptors (Lipinski definition) is 2. The third-order valence-electron chi connectivity index (χ3n) is 9.44. The van der Waals surface area contributed by atoms with Crippen LogP contribution in [0.25, 0.3) is 22.9 Å². The summed E-state index contributed by atoms with van der Waals surface area (Å²) in [6.45, 7) is 8.30. The first kappa shape index (κ1) is 23.1. The summed E-state index contributed by atoms with van der Waals surface area (Å²) in [5.74, 6) is 0. The molecule has 7 rings (SSSR count). The van der Waals surface area contributed by atoms with Gasteiger partial charge in [-0.2, -0.15) is 0 Å². The summed E-state index contributed by atoms with van der Waals surface area (Å²) in [6, 6.07) is 27.0. The highest BCUT2D eigenvalue weighted by atomic mass is 15.2. The predicted octanol–water partition coefficient (Wildman–Crippen LogP) is 8.49. The summed E-state index contributed by atoms with van der Waals surface area (Å²) < 4.78 is 0. The first-order valence-electron chi connectivity index (χ1n) is 13.7. The molecule has 0 spiro atoms. The molecule has 3 aromatic carbocycles. The van der Waals surface area contributed by atoms with Crippen LogP contribution < -0.4 is 0 Å². The van der Waals surface area contributed by atoms with E-state index >= 15 is 0 Å². The van der Waals surface area contributed by atoms with Crippen LogP contribution in [0.2, 0.25) is 0 Å². The molecular formula is C36H34N2. The lowest BCUT2D eigenvalue weighted by atomic mass is 9.60. The number of allylic oxidation sites excluding steroid dienone is 5. The number of benzene rings is 3. The SMILES string of the molecule is CC1(CC2=Cc3cc(-c4ccccc4)ccc3C3C=CC=CN23)c2ccccc2C2=CC=CCN2C1(C)C. The third-order valence-corrected chi connectivity index (χ3v) is 9.44. The van der Waals surface area contributed by atoms with E-state index in [2.05, 4.69) is 152 Å². The van der Waals surface area contributed by atoms with Crippen LogP contribution >= 0.6 is 0 Å². The van der Waals surface area contributed by atoms with Crippen LogP contribution in [0.15, 0.2) is 121 Å². The molecule has 2 heteroatoms. The van der Waals surface area contributed by atoms with E-state index in [1.165, 1.54) is 44.8 Å². The number of rotatable bonds is 3. The Morgan fingerprint density at radius 3 is 2.53 bits per heavy atom. The van der Waals surface area contributed by atoms with E-state index in [4.69, 9.17) is 0 Å². The second kappa shape index (κ2) is 8.49. The van der Waals surface area contributed by atoms with Gasteiger partial charge in [-0.25, -0.2) is 0 Å². The molecule has 4 heterocycles. The van der Waals surface area contributed by atoms with E-state index in [-0.39, 0.29) is 17.0 Å². The number of fused-ring (bicyclic) bond motifs is 6. The number of nitrogens with zero attached hydrogens (tertiary/aromatic N) is 2. The molecular weight excluding hydrogens is 460 g/mol. The van der Waals surface area contributed by atoms with Gasteiger partial charge in [0.05, 0.1) is 6.04 Å². The molecule has 0 saturated heterocycles. The summed E-state index contributed by atoms with van der Waals surface area (Å²) in [5.41, 5.74) is 10.6. The average molecular weight is 495 g/mol. The second-order valence-corrected chi connectivity index (χ2v) is 11.6. The van der Waals surface area contributed by atoms with Crippen LogP contribution in [0, 0.1) is 0 Å². The molecule has 0 bridgehead atoms. The van der Waals surface area contributed by atoms with E-state index in [0.29, 0.717) is 0 Å². The summed E-state index contributed by atoms with van der Waals surface area (Å²) in [6.07, 6.45) is 19.2. The molecule has 2 atom stereocenters. The van der Waals surface area contributed by atoms with Gasteiger partial charge in [-0.3, -0.25) is 0 Å². The molecule has 4 aliphatic heterocycles. The van der Waals surface area contributed by atoms with Crippen LogP contribution in [-0.4, -0.2) is 21.9 Å². The van der Waals surface area contributed by atoms with Crippen molar-refractivity contribution in [2.24, 2.45) is 0 Å². The van der Waals surface area contributed by atoms with Gasteiger partial charge in [0.1, 0.15) is 0 Å². The first-order valence-corrected chi connectivity index (χ1v) is 13.7. The van der Waals surface area contributed by atoms with E-state index in [0.717, 1.165) is 13.0 Å². The van der Waals surface area contributed by atoms with Gasteiger partial charge in [-0.05, 0) is 72.4 Å². The minimum Gasteiger partial charge on any atom is -0.361 e. The van der Waals surface area contributed by atoms with Gasteiger partial charge in [0.15, 0.2) is 0 Å². The predicted molar refractivity (Wildman–Crippen MR) is 159 cm³/mol. The lowest BCUT2D eigenvalue weighted by Gasteiger charge is -2.58. The van der Waals surface area contributed by atoms with E-state index < -0.39 is 0 Å². The van der Waals surface area contributed by atoms with Crippen molar-refractivity contribution in [3.63, 3.8) is 0 Å². The van der Waals surface area contributed by atoms with Gasteiger partial charge in [0.25, 0.3) is 0 Å². The number of hydrogen-bond donors (Lipinski definition) is 0. The Labute approximate surface area is 226 Å². The Hall–Kier alpha value is -4.04. The molecule has 0 fully saturated rings. The van der Waals surface area contributed by atoms with Crippen molar-refractivity contribution in [3.05, 3.63) is 143 Å². The van der Waals surface area contributed by atoms with Crippen molar-refractivity contribution in [2.45, 2.75) is 44.2 Å². The summed E-state index contributed by atoms with van der Waals surface area (Å²) in [5, 5.41) is 0. The van der Waals surface area contributed by atoms with E-state index in [9.17, 15) is 0 Å². The van der Waals surface area contributed by atoms with Crippen molar-refractivity contribution in [1.29, 1.82) is 0 Å². The average Bonchev–Trinajstić information content (AvgIpc) is 2.97. The summed E-state index contributed by atoms with van der Waals surface area (Å²) >= 11 is 0. The lowest BCUT2D eigenvalue weighted by Crippen LogP contribution is -2.60. The Morgan fingerprint density at radius 2 is 1.66 bits per heavy atom. The largest absolute Gasteiger partial charge is 0.361 e. The Kier molecular flexibility index (Phi) is 5.16. The lowest BCUT2D eigenvalue weighted by molar-refractivity contribution is 0.0933. The Balaban J connectivity index is 1.37. The van der Waals surface area contributed by atoms with Crippen LogP contribution in [0.1, 0.15) is 55.5 Å². The fourth-order valence-corrected chi connectivity index (χ4v) is 6.97. The molecule has 2 nitrogen and oxygen atoms in total. The first-order chi connectivity index (χ1) is 18.5. The Bertz CT molecular complexity index is 1570. The minimum atomic E-state index is -0.0912. The van der Waals surface area contributed by atoms with Crippen molar-refractivity contribution in [2.75, 3.05) is 6.54 Å². The molecule has 188 valence electrons. The maximum atomic E-state index is 2.61. The van der Waals surface area contributed by atoms with Gasteiger partial charge in [-0.1, -0.05) is 98.0 Å². The summed E-state index contributed by atoms with van der Waals surface area (Å²) in [4.78, 5) is 5.11. The van der Waals surface area contributed by atoms with E-state index in [1.54, 1.807) is 0 Å². The van der Waals surface area contributed by atoms with Crippen LogP contribution in [0.3, 0.4) is 0 Å². The minimum absolute atomic E-state index is 0.0736. The zero-order valence-corrected chi connectivity index (χ0v) is 22.4. The molecule has 0 saturated carbocycles. The quantitative estimate of drug-likeness (QED) is 0.360.